The van der Waals surface area contributed by atoms with Gasteiger partial charge in [-0.2, -0.15) is 0 Å². The number of nitrogens with two attached hydrogens (primary N) is 1. The SMILES string of the molecule is Cc1cc(O)ccc1C(=O)NCC1CC(N)C1. The molecule has 4 N–H and O–H groups in total. The zero-order chi connectivity index (χ0) is 12.4. The number of carbonyl (C=O) groups excluding carboxylic acids is 1. The second-order valence-corrected chi connectivity index (χ2v) is 4.81. The first-order valence-corrected chi connectivity index (χ1v) is 5.89. The molecule has 1 fully saturated rings. The van der Waals surface area contributed by atoms with Crippen molar-refractivity contribution in [1.82, 2.24) is 5.32 Å². The number of phenols is 1. The Bertz CT molecular complexity index is 425. The number of aromatic hydroxyl groups is 1. The molecule has 17 heavy (non-hydrogen) atoms. The largest absolute Gasteiger partial charge is 0.508 e. The van der Waals surface area contributed by atoms with Crippen molar-refractivity contribution in [3.63, 3.8) is 0 Å². The Morgan fingerprint density at radius 3 is 2.82 bits per heavy atom. The number of rotatable bonds is 3. The molecule has 4 nitrogen and oxygen atoms in total. The molecule has 1 aromatic carbocycles. The van der Waals surface area contributed by atoms with Crippen molar-refractivity contribution in [3.8, 4) is 5.75 Å². The van der Waals surface area contributed by atoms with Gasteiger partial charge in [0, 0.05) is 18.2 Å². The summed E-state index contributed by atoms with van der Waals surface area (Å²) in [7, 11) is 0. The van der Waals surface area contributed by atoms with Crippen molar-refractivity contribution in [2.24, 2.45) is 11.7 Å². The third-order valence-corrected chi connectivity index (χ3v) is 3.28. The summed E-state index contributed by atoms with van der Waals surface area (Å²) in [5, 5.41) is 12.2. The molecule has 0 saturated heterocycles. The summed E-state index contributed by atoms with van der Waals surface area (Å²) in [6, 6.07) is 5.08. The van der Waals surface area contributed by atoms with Crippen LogP contribution < -0.4 is 11.1 Å². The topological polar surface area (TPSA) is 75.3 Å². The predicted molar refractivity (Wildman–Crippen MR) is 65.9 cm³/mol. The van der Waals surface area contributed by atoms with Crippen molar-refractivity contribution < 1.29 is 9.90 Å². The van der Waals surface area contributed by atoms with Crippen LogP contribution in [0.5, 0.6) is 5.75 Å². The van der Waals surface area contributed by atoms with Crippen LogP contribution in [0, 0.1) is 12.8 Å². The second-order valence-electron chi connectivity index (χ2n) is 4.81. The van der Waals surface area contributed by atoms with Gasteiger partial charge in [-0.3, -0.25) is 4.79 Å². The molecule has 1 saturated carbocycles. The van der Waals surface area contributed by atoms with Crippen LogP contribution in [0.2, 0.25) is 0 Å². The van der Waals surface area contributed by atoms with Gasteiger partial charge in [-0.25, -0.2) is 0 Å². The summed E-state index contributed by atoms with van der Waals surface area (Å²) in [6.07, 6.45) is 1.99. The van der Waals surface area contributed by atoms with Crippen molar-refractivity contribution >= 4 is 5.91 Å². The van der Waals surface area contributed by atoms with E-state index in [1.807, 2.05) is 6.92 Å². The van der Waals surface area contributed by atoms with E-state index in [1.54, 1.807) is 12.1 Å². The lowest BCUT2D eigenvalue weighted by Crippen LogP contribution is -2.42. The molecule has 0 radical (unpaired) electrons. The second kappa shape index (κ2) is 4.75. The van der Waals surface area contributed by atoms with Gasteiger partial charge in [0.15, 0.2) is 0 Å². The lowest BCUT2D eigenvalue weighted by molar-refractivity contribution is 0.0935. The third kappa shape index (κ3) is 2.77. The molecule has 0 unspecified atom stereocenters. The molecule has 1 aliphatic carbocycles. The fraction of sp³-hybridized carbons (Fsp3) is 0.462. The molecular formula is C13H18N2O2. The monoisotopic (exact) mass is 234 g/mol. The fourth-order valence-corrected chi connectivity index (χ4v) is 2.19. The zero-order valence-corrected chi connectivity index (χ0v) is 9.94. The minimum absolute atomic E-state index is 0.0806. The standard InChI is InChI=1S/C13H18N2O2/c1-8-4-11(16)2-3-12(8)13(17)15-7-9-5-10(14)6-9/h2-4,9-10,16H,5-7,14H2,1H3,(H,15,17). The van der Waals surface area contributed by atoms with Crippen molar-refractivity contribution in [3.05, 3.63) is 29.3 Å². The molecule has 0 atom stereocenters. The van der Waals surface area contributed by atoms with E-state index in [0.29, 0.717) is 24.1 Å². The first-order chi connectivity index (χ1) is 8.06. The number of hydrogen-bond donors (Lipinski definition) is 3. The molecule has 1 amide bonds. The first-order valence-electron chi connectivity index (χ1n) is 5.89. The van der Waals surface area contributed by atoms with E-state index in [0.717, 1.165) is 18.4 Å². The van der Waals surface area contributed by atoms with Crippen molar-refractivity contribution in [2.45, 2.75) is 25.8 Å². The Labute approximate surface area is 101 Å². The Balaban J connectivity index is 1.91. The molecule has 0 heterocycles. The Hall–Kier alpha value is -1.55. The lowest BCUT2D eigenvalue weighted by Gasteiger charge is -2.32. The number of hydrogen-bond acceptors (Lipinski definition) is 3. The van der Waals surface area contributed by atoms with Crippen LogP contribution in [0.15, 0.2) is 18.2 Å². The highest BCUT2D eigenvalue weighted by Crippen LogP contribution is 2.24. The first kappa shape index (κ1) is 11.9. The number of aryl methyl sites for hydroxylation is 1. The predicted octanol–water partition coefficient (Wildman–Crippen LogP) is 1.17. The van der Waals surface area contributed by atoms with Crippen molar-refractivity contribution in [2.75, 3.05) is 6.54 Å². The average molecular weight is 234 g/mol. The van der Waals surface area contributed by atoms with Crippen LogP contribution in [-0.4, -0.2) is 23.6 Å². The lowest BCUT2D eigenvalue weighted by atomic mass is 9.81. The van der Waals surface area contributed by atoms with E-state index in [9.17, 15) is 9.90 Å². The van der Waals surface area contributed by atoms with Crippen LogP contribution in [-0.2, 0) is 0 Å². The highest BCUT2D eigenvalue weighted by molar-refractivity contribution is 5.95. The van der Waals surface area contributed by atoms with Gasteiger partial charge in [0.25, 0.3) is 5.91 Å². The number of amides is 1. The summed E-state index contributed by atoms with van der Waals surface area (Å²) in [5.74, 6) is 0.623. The highest BCUT2D eigenvalue weighted by atomic mass is 16.3. The fourth-order valence-electron chi connectivity index (χ4n) is 2.19. The van der Waals surface area contributed by atoms with Gasteiger partial charge < -0.3 is 16.2 Å². The highest BCUT2D eigenvalue weighted by Gasteiger charge is 2.26. The summed E-state index contributed by atoms with van der Waals surface area (Å²) in [4.78, 5) is 11.9. The number of benzene rings is 1. The van der Waals surface area contributed by atoms with Crippen LogP contribution in [0.3, 0.4) is 0 Å². The summed E-state index contributed by atoms with van der Waals surface area (Å²) in [5.41, 5.74) is 7.09. The molecule has 1 aromatic rings. The van der Waals surface area contributed by atoms with Crippen LogP contribution in [0.4, 0.5) is 0 Å². The van der Waals surface area contributed by atoms with Crippen LogP contribution in [0.25, 0.3) is 0 Å². The van der Waals surface area contributed by atoms with Crippen LogP contribution >= 0.6 is 0 Å². The number of nitrogens with one attached hydrogen (secondary N) is 1. The molecule has 4 heteroatoms. The molecule has 92 valence electrons. The molecular weight excluding hydrogens is 216 g/mol. The smallest absolute Gasteiger partial charge is 0.251 e. The third-order valence-electron chi connectivity index (χ3n) is 3.28. The molecule has 2 rings (SSSR count). The van der Waals surface area contributed by atoms with E-state index < -0.39 is 0 Å². The minimum Gasteiger partial charge on any atom is -0.508 e. The Morgan fingerprint density at radius 1 is 1.53 bits per heavy atom. The zero-order valence-electron chi connectivity index (χ0n) is 9.94. The average Bonchev–Trinajstić information content (AvgIpc) is 2.22. The molecule has 0 aromatic heterocycles. The van der Waals surface area contributed by atoms with Gasteiger partial charge in [0.05, 0.1) is 0 Å². The van der Waals surface area contributed by atoms with E-state index in [-0.39, 0.29) is 11.7 Å². The number of phenolic OH excluding ortho intramolecular Hbond substituents is 1. The van der Waals surface area contributed by atoms with E-state index in [1.165, 1.54) is 6.07 Å². The maximum absolute atomic E-state index is 11.9. The normalized spacial score (nSPS) is 22.9. The van der Waals surface area contributed by atoms with E-state index in [4.69, 9.17) is 5.73 Å². The minimum atomic E-state index is -0.0806. The van der Waals surface area contributed by atoms with Crippen LogP contribution in [0.1, 0.15) is 28.8 Å². The van der Waals surface area contributed by atoms with Crippen molar-refractivity contribution in [1.29, 1.82) is 0 Å². The number of carbonyl (C=O) groups is 1. The molecule has 1 aliphatic rings. The van der Waals surface area contributed by atoms with Gasteiger partial charge in [-0.1, -0.05) is 0 Å². The summed E-state index contributed by atoms with van der Waals surface area (Å²) >= 11 is 0. The van der Waals surface area contributed by atoms with Gasteiger partial charge in [-0.05, 0) is 49.4 Å². The summed E-state index contributed by atoms with van der Waals surface area (Å²) < 4.78 is 0. The maximum Gasteiger partial charge on any atom is 0.251 e. The maximum atomic E-state index is 11.9. The van der Waals surface area contributed by atoms with Gasteiger partial charge >= 0.3 is 0 Å². The van der Waals surface area contributed by atoms with Gasteiger partial charge in [0.2, 0.25) is 0 Å². The van der Waals surface area contributed by atoms with Gasteiger partial charge in [0.1, 0.15) is 5.75 Å². The molecule has 0 spiro atoms. The van der Waals surface area contributed by atoms with Gasteiger partial charge in [-0.15, -0.1) is 0 Å². The molecule has 0 bridgehead atoms. The Kier molecular flexibility index (Phi) is 3.33. The van der Waals surface area contributed by atoms with E-state index >= 15 is 0 Å². The van der Waals surface area contributed by atoms with E-state index in [2.05, 4.69) is 5.32 Å². The Morgan fingerprint density at radius 2 is 2.24 bits per heavy atom. The molecule has 0 aliphatic heterocycles. The quantitative estimate of drug-likeness (QED) is 0.734. The summed E-state index contributed by atoms with van der Waals surface area (Å²) in [6.45, 7) is 2.50.